The van der Waals surface area contributed by atoms with Crippen LogP contribution in [0, 0.1) is 5.92 Å². The quantitative estimate of drug-likeness (QED) is 0.363. The van der Waals surface area contributed by atoms with Crippen LogP contribution < -0.4 is 0 Å². The van der Waals surface area contributed by atoms with Gasteiger partial charge in [-0.15, -0.1) is 0 Å². The van der Waals surface area contributed by atoms with Crippen LogP contribution in [0.5, 0.6) is 0 Å². The summed E-state index contributed by atoms with van der Waals surface area (Å²) in [4.78, 5) is 17.0. The number of aryl methyl sites for hydroxylation is 1. The second-order valence-corrected chi connectivity index (χ2v) is 7.88. The van der Waals surface area contributed by atoms with Crippen molar-refractivity contribution in [2.75, 3.05) is 7.11 Å². The SMILES string of the molecule is COC(=O)c1ccc2c(c1)nc(-c1ccccc1-c1ccccc1)n2CCC(C)C. The molecule has 3 aromatic carbocycles. The van der Waals surface area contributed by atoms with Crippen molar-refractivity contribution in [3.8, 4) is 22.5 Å². The fourth-order valence-corrected chi connectivity index (χ4v) is 3.74. The van der Waals surface area contributed by atoms with Crippen LogP contribution in [0.4, 0.5) is 0 Å². The lowest BCUT2D eigenvalue weighted by Gasteiger charge is -2.14. The number of benzene rings is 3. The highest BCUT2D eigenvalue weighted by Gasteiger charge is 2.18. The summed E-state index contributed by atoms with van der Waals surface area (Å²) in [6.07, 6.45) is 1.05. The van der Waals surface area contributed by atoms with E-state index in [1.165, 1.54) is 7.11 Å². The summed E-state index contributed by atoms with van der Waals surface area (Å²) in [7, 11) is 1.40. The summed E-state index contributed by atoms with van der Waals surface area (Å²) in [6, 6.07) is 24.3. The number of esters is 1. The number of methoxy groups -OCH3 is 1. The maximum absolute atomic E-state index is 12.0. The summed E-state index contributed by atoms with van der Waals surface area (Å²) < 4.78 is 7.17. The highest BCUT2D eigenvalue weighted by atomic mass is 16.5. The van der Waals surface area contributed by atoms with Gasteiger partial charge in [0.1, 0.15) is 5.82 Å². The van der Waals surface area contributed by atoms with E-state index < -0.39 is 0 Å². The molecule has 0 saturated heterocycles. The average Bonchev–Trinajstić information content (AvgIpc) is 3.15. The highest BCUT2D eigenvalue weighted by molar-refractivity contribution is 5.95. The van der Waals surface area contributed by atoms with Crippen LogP contribution in [0.15, 0.2) is 72.8 Å². The van der Waals surface area contributed by atoms with Gasteiger partial charge < -0.3 is 9.30 Å². The minimum absolute atomic E-state index is 0.347. The van der Waals surface area contributed by atoms with Gasteiger partial charge in [-0.2, -0.15) is 0 Å². The number of hydrogen-bond acceptors (Lipinski definition) is 3. The van der Waals surface area contributed by atoms with Crippen LogP contribution in [0.2, 0.25) is 0 Å². The van der Waals surface area contributed by atoms with Gasteiger partial charge in [0.25, 0.3) is 0 Å². The van der Waals surface area contributed by atoms with E-state index in [-0.39, 0.29) is 5.97 Å². The number of aromatic nitrogens is 2. The molecule has 0 radical (unpaired) electrons. The fourth-order valence-electron chi connectivity index (χ4n) is 3.74. The molecular weight excluding hydrogens is 372 g/mol. The lowest BCUT2D eigenvalue weighted by Crippen LogP contribution is -2.05. The van der Waals surface area contributed by atoms with Gasteiger partial charge in [0, 0.05) is 12.1 Å². The first-order valence-electron chi connectivity index (χ1n) is 10.3. The van der Waals surface area contributed by atoms with Crippen molar-refractivity contribution in [2.24, 2.45) is 5.92 Å². The molecule has 0 aliphatic rings. The summed E-state index contributed by atoms with van der Waals surface area (Å²) in [5, 5.41) is 0. The molecule has 0 fully saturated rings. The molecule has 0 amide bonds. The van der Waals surface area contributed by atoms with Gasteiger partial charge in [0.05, 0.1) is 23.7 Å². The Hall–Kier alpha value is -3.40. The van der Waals surface area contributed by atoms with Crippen LogP contribution in [-0.4, -0.2) is 22.6 Å². The van der Waals surface area contributed by atoms with Crippen LogP contribution in [0.1, 0.15) is 30.6 Å². The minimum Gasteiger partial charge on any atom is -0.465 e. The Balaban J connectivity index is 1.92. The Kier molecular flexibility index (Phi) is 5.66. The smallest absolute Gasteiger partial charge is 0.337 e. The van der Waals surface area contributed by atoms with Crippen molar-refractivity contribution < 1.29 is 9.53 Å². The Morgan fingerprint density at radius 2 is 1.67 bits per heavy atom. The number of carbonyl (C=O) groups excluding carboxylic acids is 1. The summed E-state index contributed by atoms with van der Waals surface area (Å²) >= 11 is 0. The molecule has 4 nitrogen and oxygen atoms in total. The van der Waals surface area contributed by atoms with Gasteiger partial charge in [-0.3, -0.25) is 0 Å². The van der Waals surface area contributed by atoms with Crippen molar-refractivity contribution >= 4 is 17.0 Å². The van der Waals surface area contributed by atoms with Crippen molar-refractivity contribution in [1.29, 1.82) is 0 Å². The van der Waals surface area contributed by atoms with Crippen LogP contribution in [0.3, 0.4) is 0 Å². The molecule has 0 spiro atoms. The van der Waals surface area contributed by atoms with Crippen LogP contribution in [0.25, 0.3) is 33.5 Å². The Bertz CT molecular complexity index is 1180. The lowest BCUT2D eigenvalue weighted by atomic mass is 9.99. The number of rotatable bonds is 6. The van der Waals surface area contributed by atoms with E-state index >= 15 is 0 Å². The number of ether oxygens (including phenoxy) is 1. The molecule has 0 aliphatic carbocycles. The van der Waals surface area contributed by atoms with Gasteiger partial charge in [-0.1, -0.05) is 68.4 Å². The third-order valence-electron chi connectivity index (χ3n) is 5.35. The summed E-state index contributed by atoms with van der Waals surface area (Å²) in [5.41, 5.74) is 5.74. The standard InChI is InChI=1S/C26H26N2O2/c1-18(2)15-16-28-24-14-13-20(26(29)30-3)17-23(24)27-25(28)22-12-8-7-11-21(22)19-9-5-4-6-10-19/h4-14,17-18H,15-16H2,1-3H3. The number of imidazole rings is 1. The first kappa shape index (κ1) is 19.9. The van der Waals surface area contributed by atoms with E-state index in [1.54, 1.807) is 0 Å². The molecule has 0 N–H and O–H groups in total. The van der Waals surface area contributed by atoms with Gasteiger partial charge in [-0.05, 0) is 41.7 Å². The van der Waals surface area contributed by atoms with E-state index in [2.05, 4.69) is 60.9 Å². The monoisotopic (exact) mass is 398 g/mol. The van der Waals surface area contributed by atoms with Gasteiger partial charge in [0.15, 0.2) is 0 Å². The normalized spacial score (nSPS) is 11.2. The molecule has 0 bridgehead atoms. The fraction of sp³-hybridized carbons (Fsp3) is 0.231. The second kappa shape index (κ2) is 8.54. The van der Waals surface area contributed by atoms with E-state index in [4.69, 9.17) is 9.72 Å². The molecule has 0 aliphatic heterocycles. The van der Waals surface area contributed by atoms with Gasteiger partial charge in [0.2, 0.25) is 0 Å². The van der Waals surface area contributed by atoms with E-state index in [1.807, 2.05) is 30.3 Å². The maximum atomic E-state index is 12.0. The largest absolute Gasteiger partial charge is 0.465 e. The van der Waals surface area contributed by atoms with Gasteiger partial charge >= 0.3 is 5.97 Å². The molecule has 0 saturated carbocycles. The number of hydrogen-bond donors (Lipinski definition) is 0. The molecule has 4 aromatic rings. The van der Waals surface area contributed by atoms with Crippen LogP contribution >= 0.6 is 0 Å². The highest BCUT2D eigenvalue weighted by Crippen LogP contribution is 2.34. The lowest BCUT2D eigenvalue weighted by molar-refractivity contribution is 0.0601. The van der Waals surface area contributed by atoms with Crippen LogP contribution in [-0.2, 0) is 11.3 Å². The minimum atomic E-state index is -0.347. The van der Waals surface area contributed by atoms with Crippen molar-refractivity contribution in [3.63, 3.8) is 0 Å². The first-order chi connectivity index (χ1) is 14.6. The molecule has 0 unspecified atom stereocenters. The number of fused-ring (bicyclic) bond motifs is 1. The molecule has 152 valence electrons. The molecule has 4 heteroatoms. The molecule has 1 heterocycles. The second-order valence-electron chi connectivity index (χ2n) is 7.88. The Labute approximate surface area is 177 Å². The summed E-state index contributed by atoms with van der Waals surface area (Å²) in [6.45, 7) is 5.32. The van der Waals surface area contributed by atoms with Crippen molar-refractivity contribution in [1.82, 2.24) is 9.55 Å². The third kappa shape index (κ3) is 3.86. The van der Waals surface area contributed by atoms with E-state index in [0.717, 1.165) is 46.5 Å². The Morgan fingerprint density at radius 3 is 2.37 bits per heavy atom. The molecule has 30 heavy (non-hydrogen) atoms. The third-order valence-corrected chi connectivity index (χ3v) is 5.35. The molecule has 4 rings (SSSR count). The predicted octanol–water partition coefficient (Wildman–Crippen LogP) is 6.20. The topological polar surface area (TPSA) is 44.1 Å². The Morgan fingerprint density at radius 1 is 0.967 bits per heavy atom. The zero-order chi connectivity index (χ0) is 21.1. The maximum Gasteiger partial charge on any atom is 0.337 e. The van der Waals surface area contributed by atoms with Crippen molar-refractivity contribution in [3.05, 3.63) is 78.4 Å². The number of nitrogens with zero attached hydrogens (tertiary/aromatic N) is 2. The predicted molar refractivity (Wildman–Crippen MR) is 121 cm³/mol. The molecule has 0 atom stereocenters. The van der Waals surface area contributed by atoms with Crippen molar-refractivity contribution in [2.45, 2.75) is 26.8 Å². The first-order valence-corrected chi connectivity index (χ1v) is 10.3. The average molecular weight is 399 g/mol. The van der Waals surface area contributed by atoms with E-state index in [0.29, 0.717) is 11.5 Å². The molecular formula is C26H26N2O2. The van der Waals surface area contributed by atoms with E-state index in [9.17, 15) is 4.79 Å². The zero-order valence-electron chi connectivity index (χ0n) is 17.6. The summed E-state index contributed by atoms with van der Waals surface area (Å²) in [5.74, 6) is 1.15. The van der Waals surface area contributed by atoms with Gasteiger partial charge in [-0.25, -0.2) is 9.78 Å². The zero-order valence-corrected chi connectivity index (χ0v) is 17.6. The molecule has 1 aromatic heterocycles. The number of carbonyl (C=O) groups is 1.